The minimum Gasteiger partial charge on any atom is -0.374 e. The van der Waals surface area contributed by atoms with Gasteiger partial charge in [-0.05, 0) is 51.6 Å². The predicted octanol–water partition coefficient (Wildman–Crippen LogP) is 3.47. The van der Waals surface area contributed by atoms with Gasteiger partial charge in [-0.25, -0.2) is 0 Å². The van der Waals surface area contributed by atoms with E-state index in [1.54, 1.807) is 0 Å². The largest absolute Gasteiger partial charge is 0.374 e. The number of hydrogen-bond donors (Lipinski definition) is 1. The molecule has 1 heterocycles. The Bertz CT molecular complexity index is 396. The lowest BCUT2D eigenvalue weighted by atomic mass is 9.88. The molecule has 2 nitrogen and oxygen atoms in total. The van der Waals surface area contributed by atoms with Gasteiger partial charge in [0.15, 0.2) is 0 Å². The van der Waals surface area contributed by atoms with Gasteiger partial charge >= 0.3 is 0 Å². The van der Waals surface area contributed by atoms with Crippen LogP contribution in [0, 0.1) is 6.92 Å². The molecule has 1 aromatic rings. The van der Waals surface area contributed by atoms with Crippen LogP contribution in [0.15, 0.2) is 24.3 Å². The maximum atomic E-state index is 6.04. The third-order valence-electron chi connectivity index (χ3n) is 4.15. The van der Waals surface area contributed by atoms with E-state index in [0.29, 0.717) is 6.04 Å². The van der Waals surface area contributed by atoms with E-state index in [2.05, 4.69) is 50.4 Å². The Labute approximate surface area is 117 Å². The molecule has 2 heteroatoms. The summed E-state index contributed by atoms with van der Waals surface area (Å²) < 4.78 is 6.04. The molecule has 1 saturated heterocycles. The lowest BCUT2D eigenvalue weighted by Gasteiger charge is -2.34. The molecule has 0 aliphatic carbocycles. The Balaban J connectivity index is 2.09. The summed E-state index contributed by atoms with van der Waals surface area (Å²) in [6.07, 6.45) is 4.58. The van der Waals surface area contributed by atoms with Gasteiger partial charge in [0.2, 0.25) is 0 Å². The van der Waals surface area contributed by atoms with Crippen molar-refractivity contribution in [2.24, 2.45) is 0 Å². The van der Waals surface area contributed by atoms with E-state index < -0.39 is 0 Å². The van der Waals surface area contributed by atoms with E-state index in [4.69, 9.17) is 4.74 Å². The molecule has 0 radical (unpaired) electrons. The highest BCUT2D eigenvalue weighted by Gasteiger charge is 2.37. The van der Waals surface area contributed by atoms with Crippen molar-refractivity contribution in [3.63, 3.8) is 0 Å². The molecule has 2 rings (SSSR count). The van der Waals surface area contributed by atoms with Gasteiger partial charge in [-0.2, -0.15) is 0 Å². The summed E-state index contributed by atoms with van der Waals surface area (Å²) in [5.74, 6) is 0. The Kier molecular flexibility index (Phi) is 5.00. The molecule has 106 valence electrons. The van der Waals surface area contributed by atoms with Crippen molar-refractivity contribution < 1.29 is 4.74 Å². The lowest BCUT2D eigenvalue weighted by Crippen LogP contribution is -2.50. The zero-order chi connectivity index (χ0) is 13.7. The Morgan fingerprint density at radius 2 is 2.26 bits per heavy atom. The fourth-order valence-corrected chi connectivity index (χ4v) is 2.97. The first-order chi connectivity index (χ1) is 9.14. The molecule has 0 bridgehead atoms. The zero-order valence-corrected chi connectivity index (χ0v) is 12.5. The number of benzene rings is 1. The zero-order valence-electron chi connectivity index (χ0n) is 12.5. The first-order valence-corrected chi connectivity index (χ1v) is 7.57. The predicted molar refractivity (Wildman–Crippen MR) is 80.6 cm³/mol. The molecule has 0 amide bonds. The van der Waals surface area contributed by atoms with Crippen LogP contribution in [0.3, 0.4) is 0 Å². The second kappa shape index (κ2) is 6.53. The van der Waals surface area contributed by atoms with Crippen molar-refractivity contribution in [3.8, 4) is 0 Å². The highest BCUT2D eigenvalue weighted by atomic mass is 16.5. The van der Waals surface area contributed by atoms with Crippen LogP contribution in [0.25, 0.3) is 0 Å². The molecule has 0 saturated carbocycles. The molecule has 2 atom stereocenters. The van der Waals surface area contributed by atoms with Gasteiger partial charge in [0, 0.05) is 12.6 Å². The molecule has 0 aromatic heterocycles. The molecule has 1 aliphatic rings. The first kappa shape index (κ1) is 14.5. The Hall–Kier alpha value is -0.860. The first-order valence-electron chi connectivity index (χ1n) is 7.57. The van der Waals surface area contributed by atoms with Gasteiger partial charge in [0.1, 0.15) is 0 Å². The highest BCUT2D eigenvalue weighted by molar-refractivity contribution is 5.23. The lowest BCUT2D eigenvalue weighted by molar-refractivity contribution is -0.0114. The summed E-state index contributed by atoms with van der Waals surface area (Å²) in [5.41, 5.74) is 2.74. The minimum absolute atomic E-state index is 0.00108. The molecule has 19 heavy (non-hydrogen) atoms. The summed E-state index contributed by atoms with van der Waals surface area (Å²) in [4.78, 5) is 0. The molecule has 1 N–H and O–H groups in total. The van der Waals surface area contributed by atoms with Gasteiger partial charge in [0.05, 0.1) is 5.60 Å². The van der Waals surface area contributed by atoms with Gasteiger partial charge in [-0.1, -0.05) is 36.8 Å². The fourth-order valence-electron chi connectivity index (χ4n) is 2.97. The van der Waals surface area contributed by atoms with Crippen molar-refractivity contribution in [1.82, 2.24) is 5.32 Å². The van der Waals surface area contributed by atoms with Gasteiger partial charge in [0.25, 0.3) is 0 Å². The Morgan fingerprint density at radius 3 is 2.89 bits per heavy atom. The van der Waals surface area contributed by atoms with E-state index in [-0.39, 0.29) is 5.60 Å². The van der Waals surface area contributed by atoms with Gasteiger partial charge < -0.3 is 10.1 Å². The summed E-state index contributed by atoms with van der Waals surface area (Å²) in [6, 6.07) is 9.24. The van der Waals surface area contributed by atoms with Crippen LogP contribution in [-0.2, 0) is 11.2 Å². The quantitative estimate of drug-likeness (QED) is 0.846. The van der Waals surface area contributed by atoms with Crippen LogP contribution in [0.4, 0.5) is 0 Å². The van der Waals surface area contributed by atoms with Crippen LogP contribution in [0.1, 0.15) is 44.2 Å². The third-order valence-corrected chi connectivity index (χ3v) is 4.15. The maximum absolute atomic E-state index is 6.04. The average Bonchev–Trinajstić information content (AvgIpc) is 2.82. The van der Waals surface area contributed by atoms with Crippen LogP contribution in [0.2, 0.25) is 0 Å². The van der Waals surface area contributed by atoms with E-state index in [0.717, 1.165) is 19.6 Å². The van der Waals surface area contributed by atoms with E-state index >= 15 is 0 Å². The molecule has 1 fully saturated rings. The van der Waals surface area contributed by atoms with Gasteiger partial charge in [-0.15, -0.1) is 0 Å². The summed E-state index contributed by atoms with van der Waals surface area (Å²) in [6.45, 7) is 8.62. The van der Waals surface area contributed by atoms with E-state index in [1.807, 2.05) is 0 Å². The standard InChI is InChI=1S/C17H27NO/c1-4-10-18-16(17(3)9-6-11-19-17)13-15-8-5-7-14(2)12-15/h5,7-8,12,16,18H,4,6,9-11,13H2,1-3H3. The summed E-state index contributed by atoms with van der Waals surface area (Å²) in [7, 11) is 0. The number of hydrogen-bond acceptors (Lipinski definition) is 2. The molecule has 1 aromatic carbocycles. The van der Waals surface area contributed by atoms with E-state index in [9.17, 15) is 0 Å². The number of rotatable bonds is 6. The maximum Gasteiger partial charge on any atom is 0.0810 e. The van der Waals surface area contributed by atoms with E-state index in [1.165, 1.54) is 30.4 Å². The molecular weight excluding hydrogens is 234 g/mol. The van der Waals surface area contributed by atoms with Crippen LogP contribution >= 0.6 is 0 Å². The van der Waals surface area contributed by atoms with Crippen molar-refractivity contribution in [2.45, 2.75) is 58.1 Å². The SMILES string of the molecule is CCCNC(Cc1cccc(C)c1)C1(C)CCCO1. The average molecular weight is 261 g/mol. The second-order valence-electron chi connectivity index (χ2n) is 5.96. The summed E-state index contributed by atoms with van der Waals surface area (Å²) in [5, 5.41) is 3.69. The molecule has 0 spiro atoms. The molecular formula is C17H27NO. The van der Waals surface area contributed by atoms with Gasteiger partial charge in [-0.3, -0.25) is 0 Å². The Morgan fingerprint density at radius 1 is 1.42 bits per heavy atom. The van der Waals surface area contributed by atoms with Crippen LogP contribution in [0.5, 0.6) is 0 Å². The minimum atomic E-state index is -0.00108. The molecule has 1 aliphatic heterocycles. The number of ether oxygens (including phenoxy) is 1. The normalized spacial score (nSPS) is 24.6. The van der Waals surface area contributed by atoms with Crippen molar-refractivity contribution in [1.29, 1.82) is 0 Å². The smallest absolute Gasteiger partial charge is 0.0810 e. The monoisotopic (exact) mass is 261 g/mol. The third kappa shape index (κ3) is 3.80. The number of nitrogens with one attached hydrogen (secondary N) is 1. The van der Waals surface area contributed by atoms with Crippen LogP contribution < -0.4 is 5.32 Å². The van der Waals surface area contributed by atoms with Crippen molar-refractivity contribution >= 4 is 0 Å². The number of aryl methyl sites for hydroxylation is 1. The second-order valence-corrected chi connectivity index (χ2v) is 5.96. The fraction of sp³-hybridized carbons (Fsp3) is 0.647. The summed E-state index contributed by atoms with van der Waals surface area (Å²) >= 11 is 0. The topological polar surface area (TPSA) is 21.3 Å². The highest BCUT2D eigenvalue weighted by Crippen LogP contribution is 2.30. The molecule has 2 unspecified atom stereocenters. The van der Waals surface area contributed by atoms with Crippen molar-refractivity contribution in [3.05, 3.63) is 35.4 Å². The van der Waals surface area contributed by atoms with Crippen molar-refractivity contribution in [2.75, 3.05) is 13.2 Å². The van der Waals surface area contributed by atoms with Crippen LogP contribution in [-0.4, -0.2) is 24.8 Å².